The Labute approximate surface area is 358 Å². The highest BCUT2D eigenvalue weighted by atomic mass is 16.7. The van der Waals surface area contributed by atoms with Gasteiger partial charge in [-0.05, 0) is 70.4 Å². The second-order valence-corrected chi connectivity index (χ2v) is 16.6. The molecule has 58 heavy (non-hydrogen) atoms. The van der Waals surface area contributed by atoms with Crippen LogP contribution in [-0.2, 0) is 28.5 Å². The third-order valence-corrected chi connectivity index (χ3v) is 11.2. The number of hydrogen-bond donors (Lipinski definition) is 0. The fraction of sp³-hybridized carbons (Fsp3) is 0.860. The molecule has 0 saturated heterocycles. The van der Waals surface area contributed by atoms with E-state index in [0.717, 1.165) is 96.0 Å². The topological polar surface area (TPSA) is 91.4 Å². The van der Waals surface area contributed by atoms with Crippen molar-refractivity contribution in [2.24, 2.45) is 17.8 Å². The van der Waals surface area contributed by atoms with Gasteiger partial charge in [-0.25, -0.2) is 4.79 Å². The van der Waals surface area contributed by atoms with Gasteiger partial charge in [0.05, 0.1) is 32.3 Å². The summed E-state index contributed by atoms with van der Waals surface area (Å²) in [5.74, 6) is 0.0395. The molecule has 0 aliphatic carbocycles. The maximum atomic E-state index is 12.6. The monoisotopic (exact) mass is 820 g/mol. The van der Waals surface area contributed by atoms with Crippen LogP contribution in [0.3, 0.4) is 0 Å². The second kappa shape index (κ2) is 44.4. The lowest BCUT2D eigenvalue weighted by Crippen LogP contribution is -2.27. The molecule has 0 aromatic rings. The summed E-state index contributed by atoms with van der Waals surface area (Å²) in [4.78, 5) is 39.3. The molecule has 2 atom stereocenters. The number of carbonyl (C=O) groups excluding carboxylic acids is 3. The number of nitrogens with zero attached hydrogens (tertiary/aromatic N) is 1. The molecule has 0 N–H and O–H groups in total. The predicted octanol–water partition coefficient (Wildman–Crippen LogP) is 13.8. The summed E-state index contributed by atoms with van der Waals surface area (Å²) in [6, 6.07) is 0. The first kappa shape index (κ1) is 55.8. The molecule has 0 aromatic heterocycles. The minimum Gasteiger partial charge on any atom is -0.465 e. The summed E-state index contributed by atoms with van der Waals surface area (Å²) in [5, 5.41) is 0. The van der Waals surface area contributed by atoms with Gasteiger partial charge in [-0.1, -0.05) is 174 Å². The molecule has 0 aliphatic heterocycles. The molecule has 0 amide bonds. The summed E-state index contributed by atoms with van der Waals surface area (Å²) in [7, 11) is 0. The van der Waals surface area contributed by atoms with Crippen LogP contribution in [0.1, 0.15) is 208 Å². The van der Waals surface area contributed by atoms with Gasteiger partial charge in [-0.15, -0.1) is 0 Å². The quantitative estimate of drug-likeness (QED) is 0.0260. The van der Waals surface area contributed by atoms with Crippen molar-refractivity contribution in [2.45, 2.75) is 208 Å². The molecule has 0 aromatic carbocycles. The molecule has 0 rings (SSSR count). The maximum absolute atomic E-state index is 12.6. The molecule has 0 spiro atoms. The lowest BCUT2D eigenvalue weighted by Gasteiger charge is -2.20. The molecule has 8 nitrogen and oxygen atoms in total. The van der Waals surface area contributed by atoms with Gasteiger partial charge in [0, 0.05) is 18.9 Å². The van der Waals surface area contributed by atoms with Crippen LogP contribution in [-0.4, -0.2) is 76.0 Å². The molecule has 8 heteroatoms. The molecular formula is C50H93NO7. The van der Waals surface area contributed by atoms with Gasteiger partial charge in [-0.2, -0.15) is 0 Å². The summed E-state index contributed by atoms with van der Waals surface area (Å²) < 4.78 is 22.4. The van der Waals surface area contributed by atoms with Crippen LogP contribution in [0.4, 0.5) is 4.79 Å². The van der Waals surface area contributed by atoms with E-state index in [1.807, 2.05) is 0 Å². The Hall–Kier alpha value is -2.19. The number of ether oxygens (including phenoxy) is 4. The number of esters is 1. The van der Waals surface area contributed by atoms with E-state index in [9.17, 15) is 14.4 Å². The average molecular weight is 820 g/mol. The van der Waals surface area contributed by atoms with Crippen LogP contribution in [0.5, 0.6) is 0 Å². The molecular weight excluding hydrogens is 727 g/mol. The Bertz CT molecular complexity index is 954. The summed E-state index contributed by atoms with van der Waals surface area (Å²) in [5.41, 5.74) is 0. The highest BCUT2D eigenvalue weighted by Gasteiger charge is 2.18. The smallest absolute Gasteiger partial charge is 0.465 e. The molecule has 0 fully saturated rings. The lowest BCUT2D eigenvalue weighted by atomic mass is 9.89. The number of allylic oxidation sites excluding steroid dienone is 4. The fourth-order valence-electron chi connectivity index (χ4n) is 7.29. The van der Waals surface area contributed by atoms with Crippen molar-refractivity contribution in [3.63, 3.8) is 0 Å². The molecule has 0 bridgehead atoms. The van der Waals surface area contributed by atoms with Gasteiger partial charge in [0.25, 0.3) is 0 Å². The van der Waals surface area contributed by atoms with Crippen LogP contribution >= 0.6 is 0 Å². The predicted molar refractivity (Wildman–Crippen MR) is 243 cm³/mol. The number of unbranched alkanes of at least 4 members (excludes halogenated alkanes) is 15. The van der Waals surface area contributed by atoms with Crippen molar-refractivity contribution in [1.82, 2.24) is 4.90 Å². The molecule has 340 valence electrons. The van der Waals surface area contributed by atoms with Gasteiger partial charge in [0.1, 0.15) is 12.9 Å². The summed E-state index contributed by atoms with van der Waals surface area (Å²) in [6.45, 7) is 14.7. The zero-order chi connectivity index (χ0) is 42.6. The van der Waals surface area contributed by atoms with Crippen molar-refractivity contribution in [3.05, 3.63) is 24.3 Å². The summed E-state index contributed by atoms with van der Waals surface area (Å²) in [6.07, 6.45) is 40.4. The number of carbonyl (C=O) groups is 3. The first-order valence-corrected chi connectivity index (χ1v) is 24.4. The van der Waals surface area contributed by atoms with Crippen LogP contribution < -0.4 is 0 Å². The van der Waals surface area contributed by atoms with Crippen LogP contribution in [0.15, 0.2) is 24.3 Å². The van der Waals surface area contributed by atoms with Crippen molar-refractivity contribution in [2.75, 3.05) is 52.7 Å². The first-order valence-electron chi connectivity index (χ1n) is 24.4. The SMILES string of the molecule is CCCCC/C=C\C/C=C\CCCCCCCC(=O)OCC(COCC(C=O)CCCCC(CCCCCC)CCCCCC)COC(=O)OCCCN(CC)CC. The van der Waals surface area contributed by atoms with Gasteiger partial charge in [0.15, 0.2) is 0 Å². The molecule has 2 unspecified atom stereocenters. The van der Waals surface area contributed by atoms with Crippen LogP contribution in [0, 0.1) is 17.8 Å². The van der Waals surface area contributed by atoms with Crippen molar-refractivity contribution in [1.29, 1.82) is 0 Å². The highest BCUT2D eigenvalue weighted by molar-refractivity contribution is 5.69. The van der Waals surface area contributed by atoms with E-state index in [4.69, 9.17) is 18.9 Å². The van der Waals surface area contributed by atoms with Gasteiger partial charge >= 0.3 is 12.1 Å². The van der Waals surface area contributed by atoms with Crippen LogP contribution in [0.25, 0.3) is 0 Å². The van der Waals surface area contributed by atoms with E-state index in [-0.39, 0.29) is 37.6 Å². The Balaban J connectivity index is 4.69. The van der Waals surface area contributed by atoms with Gasteiger partial charge in [-0.3, -0.25) is 4.79 Å². The van der Waals surface area contributed by atoms with E-state index in [1.54, 1.807) is 0 Å². The van der Waals surface area contributed by atoms with Crippen LogP contribution in [0.2, 0.25) is 0 Å². The van der Waals surface area contributed by atoms with Gasteiger partial charge in [0.2, 0.25) is 0 Å². The molecule has 0 heterocycles. The average Bonchev–Trinajstić information content (AvgIpc) is 3.23. The van der Waals surface area contributed by atoms with E-state index >= 15 is 0 Å². The number of rotatable bonds is 44. The number of hydrogen-bond acceptors (Lipinski definition) is 8. The Morgan fingerprint density at radius 3 is 1.67 bits per heavy atom. The van der Waals surface area contributed by atoms with Crippen molar-refractivity contribution in [3.8, 4) is 0 Å². The zero-order valence-corrected chi connectivity index (χ0v) is 38.7. The standard InChI is InChI=1S/C50H93NO7/c1-6-11-14-17-18-19-20-21-22-23-24-25-26-27-30-38-49(53)57-44-48(45-58-50(54)56-40-33-39-51(9-4)10-5)43-55-42-47(41-52)37-32-31-36-46(34-28-15-12-7-2)35-29-16-13-8-3/h18-19,21-22,41,46-48H,6-17,20,23-40,42-45H2,1-5H3/b19-18-,22-21-. The molecule has 0 saturated carbocycles. The van der Waals surface area contributed by atoms with Crippen molar-refractivity contribution >= 4 is 18.4 Å². The number of aldehydes is 1. The van der Waals surface area contributed by atoms with E-state index < -0.39 is 6.16 Å². The summed E-state index contributed by atoms with van der Waals surface area (Å²) >= 11 is 0. The minimum atomic E-state index is -0.721. The molecule has 0 aliphatic rings. The second-order valence-electron chi connectivity index (χ2n) is 16.6. The van der Waals surface area contributed by atoms with Gasteiger partial charge < -0.3 is 28.6 Å². The molecule has 0 radical (unpaired) electrons. The largest absolute Gasteiger partial charge is 0.508 e. The van der Waals surface area contributed by atoms with E-state index in [1.165, 1.54) is 103 Å². The van der Waals surface area contributed by atoms with Crippen molar-refractivity contribution < 1.29 is 33.3 Å². The Morgan fingerprint density at radius 1 is 0.517 bits per heavy atom. The fourth-order valence-corrected chi connectivity index (χ4v) is 7.29. The Morgan fingerprint density at radius 2 is 1.05 bits per heavy atom. The first-order chi connectivity index (χ1) is 28.4. The lowest BCUT2D eigenvalue weighted by molar-refractivity contribution is -0.146. The third kappa shape index (κ3) is 38.0. The minimum absolute atomic E-state index is 0.0233. The Kier molecular flexibility index (Phi) is 42.7. The third-order valence-electron chi connectivity index (χ3n) is 11.2. The highest BCUT2D eigenvalue weighted by Crippen LogP contribution is 2.24. The zero-order valence-electron chi connectivity index (χ0n) is 38.7. The normalized spacial score (nSPS) is 12.9. The maximum Gasteiger partial charge on any atom is 0.508 e. The van der Waals surface area contributed by atoms with E-state index in [2.05, 4.69) is 63.8 Å². The van der Waals surface area contributed by atoms with E-state index in [0.29, 0.717) is 19.6 Å².